The summed E-state index contributed by atoms with van der Waals surface area (Å²) < 4.78 is 16.2. The number of aryl methyl sites for hydroxylation is 1. The van der Waals surface area contributed by atoms with Gasteiger partial charge in [0.15, 0.2) is 23.2 Å². The highest BCUT2D eigenvalue weighted by Crippen LogP contribution is 2.38. The van der Waals surface area contributed by atoms with E-state index >= 15 is 0 Å². The Labute approximate surface area is 164 Å². The van der Waals surface area contributed by atoms with E-state index in [2.05, 4.69) is 10.3 Å². The van der Waals surface area contributed by atoms with Gasteiger partial charge in [-0.2, -0.15) is 0 Å². The number of carbonyl (C=O) groups is 1. The molecule has 2 aromatic carbocycles. The van der Waals surface area contributed by atoms with Gasteiger partial charge in [-0.3, -0.25) is 10.1 Å². The number of hydrogen-bond donors (Lipinski definition) is 1. The third-order valence-electron chi connectivity index (χ3n) is 3.87. The molecule has 0 atom stereocenters. The van der Waals surface area contributed by atoms with Crippen molar-refractivity contribution in [3.63, 3.8) is 0 Å². The number of hydrogen-bond acceptors (Lipinski definition) is 6. The summed E-state index contributed by atoms with van der Waals surface area (Å²) in [6.45, 7) is 2.07. The van der Waals surface area contributed by atoms with Crippen molar-refractivity contribution >= 4 is 34.0 Å². The van der Waals surface area contributed by atoms with E-state index < -0.39 is 0 Å². The second-order valence-corrected chi connectivity index (χ2v) is 7.42. The molecule has 1 amide bonds. The van der Waals surface area contributed by atoms with Crippen molar-refractivity contribution in [3.8, 4) is 28.5 Å². The third kappa shape index (κ3) is 3.99. The Morgan fingerprint density at radius 1 is 1.22 bits per heavy atom. The summed E-state index contributed by atoms with van der Waals surface area (Å²) in [5.74, 6) is 1.71. The monoisotopic (exact) mass is 402 g/mol. The highest BCUT2D eigenvalue weighted by molar-refractivity contribution is 7.16. The first-order valence-corrected chi connectivity index (χ1v) is 9.33. The summed E-state index contributed by atoms with van der Waals surface area (Å²) in [6.07, 6.45) is 0. The van der Waals surface area contributed by atoms with Gasteiger partial charge >= 0.3 is 0 Å². The molecule has 0 saturated carbocycles. The van der Waals surface area contributed by atoms with Crippen LogP contribution in [-0.4, -0.2) is 24.3 Å². The van der Waals surface area contributed by atoms with Crippen LogP contribution in [0.1, 0.15) is 4.88 Å². The number of ether oxygens (including phenoxy) is 3. The minimum atomic E-state index is -0.282. The normalized spacial score (nSPS) is 12.1. The zero-order chi connectivity index (χ0) is 18.8. The Kier molecular flexibility index (Phi) is 4.87. The third-order valence-corrected chi connectivity index (χ3v) is 5.01. The van der Waals surface area contributed by atoms with Crippen LogP contribution in [0.3, 0.4) is 0 Å². The lowest BCUT2D eigenvalue weighted by Gasteiger charge is -2.05. The first-order valence-electron chi connectivity index (χ1n) is 8.14. The molecule has 1 N–H and O–H groups in total. The summed E-state index contributed by atoms with van der Waals surface area (Å²) in [4.78, 5) is 17.6. The minimum Gasteiger partial charge on any atom is -0.484 e. The number of halogens is 1. The molecule has 138 valence electrons. The maximum absolute atomic E-state index is 12.1. The zero-order valence-electron chi connectivity index (χ0n) is 14.3. The number of rotatable bonds is 5. The van der Waals surface area contributed by atoms with Gasteiger partial charge in [-0.25, -0.2) is 4.98 Å². The number of nitrogens with zero attached hydrogens (tertiary/aromatic N) is 1. The second kappa shape index (κ2) is 7.46. The number of thiazole rings is 1. The van der Waals surface area contributed by atoms with Crippen molar-refractivity contribution < 1.29 is 19.0 Å². The molecule has 1 aliphatic rings. The van der Waals surface area contributed by atoms with Crippen LogP contribution in [0.5, 0.6) is 17.2 Å². The predicted octanol–water partition coefficient (Wildman–Crippen LogP) is 4.52. The Morgan fingerprint density at radius 3 is 2.81 bits per heavy atom. The van der Waals surface area contributed by atoms with E-state index in [1.165, 1.54) is 11.3 Å². The predicted molar refractivity (Wildman–Crippen MR) is 104 cm³/mol. The van der Waals surface area contributed by atoms with E-state index in [1.54, 1.807) is 24.3 Å². The molecule has 0 fully saturated rings. The molecule has 0 spiro atoms. The number of amides is 1. The summed E-state index contributed by atoms with van der Waals surface area (Å²) in [6, 6.07) is 12.5. The second-order valence-electron chi connectivity index (χ2n) is 5.78. The summed E-state index contributed by atoms with van der Waals surface area (Å²) in [5, 5.41) is 3.90. The van der Waals surface area contributed by atoms with Gasteiger partial charge in [0, 0.05) is 15.5 Å². The van der Waals surface area contributed by atoms with Gasteiger partial charge < -0.3 is 14.2 Å². The Balaban J connectivity index is 1.42. The summed E-state index contributed by atoms with van der Waals surface area (Å²) in [5.41, 5.74) is 1.71. The highest BCUT2D eigenvalue weighted by Gasteiger charge is 2.17. The van der Waals surface area contributed by atoms with Crippen LogP contribution in [0, 0.1) is 6.92 Å². The molecule has 6 nitrogen and oxygen atoms in total. The van der Waals surface area contributed by atoms with Crippen LogP contribution in [0.15, 0.2) is 42.5 Å². The fourth-order valence-electron chi connectivity index (χ4n) is 2.60. The van der Waals surface area contributed by atoms with Gasteiger partial charge in [-0.05, 0) is 49.4 Å². The fourth-order valence-corrected chi connectivity index (χ4v) is 3.57. The van der Waals surface area contributed by atoms with E-state index in [4.69, 9.17) is 25.8 Å². The van der Waals surface area contributed by atoms with Gasteiger partial charge in [-0.15, -0.1) is 11.3 Å². The SMILES string of the molecule is Cc1sc(NC(=O)COc2ccc(Cl)cc2)nc1-c1ccc2c(c1)OCO2. The van der Waals surface area contributed by atoms with Crippen molar-refractivity contribution in [1.82, 2.24) is 4.98 Å². The lowest BCUT2D eigenvalue weighted by Crippen LogP contribution is -2.20. The largest absolute Gasteiger partial charge is 0.484 e. The molecule has 4 rings (SSSR count). The molecule has 0 aliphatic carbocycles. The molecule has 0 radical (unpaired) electrons. The quantitative estimate of drug-likeness (QED) is 0.679. The van der Waals surface area contributed by atoms with Crippen LogP contribution in [-0.2, 0) is 4.79 Å². The van der Waals surface area contributed by atoms with Crippen molar-refractivity contribution in [2.75, 3.05) is 18.7 Å². The fraction of sp³-hybridized carbons (Fsp3) is 0.158. The lowest BCUT2D eigenvalue weighted by molar-refractivity contribution is -0.118. The smallest absolute Gasteiger partial charge is 0.264 e. The molecule has 0 bridgehead atoms. The first kappa shape index (κ1) is 17.6. The van der Waals surface area contributed by atoms with Crippen molar-refractivity contribution in [3.05, 3.63) is 52.4 Å². The highest BCUT2D eigenvalue weighted by atomic mass is 35.5. The average Bonchev–Trinajstić information content (AvgIpc) is 3.26. The van der Waals surface area contributed by atoms with Crippen molar-refractivity contribution in [2.24, 2.45) is 0 Å². The summed E-state index contributed by atoms with van der Waals surface area (Å²) >= 11 is 7.23. The van der Waals surface area contributed by atoms with Gasteiger partial charge in [-0.1, -0.05) is 11.6 Å². The Morgan fingerprint density at radius 2 is 2.00 bits per heavy atom. The molecule has 0 saturated heterocycles. The maximum atomic E-state index is 12.1. The zero-order valence-corrected chi connectivity index (χ0v) is 15.9. The maximum Gasteiger partial charge on any atom is 0.264 e. The minimum absolute atomic E-state index is 0.111. The molecule has 0 unspecified atom stereocenters. The lowest BCUT2D eigenvalue weighted by atomic mass is 10.1. The van der Waals surface area contributed by atoms with Crippen molar-refractivity contribution in [2.45, 2.75) is 6.92 Å². The van der Waals surface area contributed by atoms with Crippen molar-refractivity contribution in [1.29, 1.82) is 0 Å². The number of fused-ring (bicyclic) bond motifs is 1. The molecular weight excluding hydrogens is 388 g/mol. The van der Waals surface area contributed by atoms with E-state index in [1.807, 2.05) is 25.1 Å². The number of carbonyl (C=O) groups excluding carboxylic acids is 1. The van der Waals surface area contributed by atoms with E-state index in [-0.39, 0.29) is 19.3 Å². The standard InChI is InChI=1S/C19H15ClN2O4S/c1-11-18(12-2-7-15-16(8-12)26-10-25-15)22-19(27-11)21-17(23)9-24-14-5-3-13(20)4-6-14/h2-8H,9-10H2,1H3,(H,21,22,23). The van der Waals surface area contributed by atoms with Gasteiger partial charge in [0.1, 0.15) is 5.75 Å². The van der Waals surface area contributed by atoms with Crippen LogP contribution >= 0.6 is 22.9 Å². The molecular formula is C19H15ClN2O4S. The Bertz CT molecular complexity index is 988. The molecule has 27 heavy (non-hydrogen) atoms. The van der Waals surface area contributed by atoms with Gasteiger partial charge in [0.2, 0.25) is 6.79 Å². The van der Waals surface area contributed by atoms with E-state index in [9.17, 15) is 4.79 Å². The number of anilines is 1. The van der Waals surface area contributed by atoms with Crippen LogP contribution in [0.4, 0.5) is 5.13 Å². The van der Waals surface area contributed by atoms with E-state index in [0.29, 0.717) is 21.7 Å². The number of benzene rings is 2. The van der Waals surface area contributed by atoms with E-state index in [0.717, 1.165) is 21.9 Å². The molecule has 1 aromatic heterocycles. The number of aromatic nitrogens is 1. The molecule has 3 aromatic rings. The number of nitrogens with one attached hydrogen (secondary N) is 1. The first-order chi connectivity index (χ1) is 13.1. The molecule has 2 heterocycles. The summed E-state index contributed by atoms with van der Waals surface area (Å²) in [7, 11) is 0. The van der Waals surface area contributed by atoms with Gasteiger partial charge in [0.05, 0.1) is 5.69 Å². The van der Waals surface area contributed by atoms with Crippen LogP contribution in [0.2, 0.25) is 5.02 Å². The topological polar surface area (TPSA) is 69.7 Å². The van der Waals surface area contributed by atoms with Crippen LogP contribution in [0.25, 0.3) is 11.3 Å². The van der Waals surface area contributed by atoms with Crippen LogP contribution < -0.4 is 19.5 Å². The van der Waals surface area contributed by atoms with Gasteiger partial charge in [0.25, 0.3) is 5.91 Å². The molecule has 1 aliphatic heterocycles. The molecule has 8 heteroatoms. The Hall–Kier alpha value is -2.77. The average molecular weight is 403 g/mol.